The number of carbonyl (C=O) groups excluding carboxylic acids is 2. The van der Waals surface area contributed by atoms with E-state index in [1.165, 1.54) is 33.4 Å². The van der Waals surface area contributed by atoms with Gasteiger partial charge in [-0.3, -0.25) is 19.8 Å². The van der Waals surface area contributed by atoms with Gasteiger partial charge in [0.05, 0.1) is 34.8 Å². The molecule has 0 saturated carbocycles. The van der Waals surface area contributed by atoms with Gasteiger partial charge in [-0.1, -0.05) is 18.2 Å². The molecule has 1 N–H and O–H groups in total. The lowest BCUT2D eigenvalue weighted by Gasteiger charge is -2.31. The minimum atomic E-state index is -0.501. The van der Waals surface area contributed by atoms with Crippen molar-refractivity contribution in [1.29, 1.82) is 0 Å². The first-order valence-electron chi connectivity index (χ1n) is 12.3. The first-order valence-corrected chi connectivity index (χ1v) is 13.2. The molecule has 0 spiro atoms. The van der Waals surface area contributed by atoms with Gasteiger partial charge in [0.2, 0.25) is 0 Å². The van der Waals surface area contributed by atoms with Gasteiger partial charge in [0.15, 0.2) is 0 Å². The molecule has 1 saturated heterocycles. The Balaban J connectivity index is 1.56. The lowest BCUT2D eigenvalue weighted by atomic mass is 10.0. The number of carbonyl (C=O) groups is 2. The van der Waals surface area contributed by atoms with Crippen LogP contribution in [-0.2, 0) is 9.53 Å². The van der Waals surface area contributed by atoms with Crippen LogP contribution in [0.4, 0.5) is 10.5 Å². The van der Waals surface area contributed by atoms with Crippen molar-refractivity contribution in [3.05, 3.63) is 62.3 Å². The Morgan fingerprint density at radius 2 is 2.05 bits per heavy atom. The van der Waals surface area contributed by atoms with Crippen molar-refractivity contribution < 1.29 is 19.2 Å². The van der Waals surface area contributed by atoms with Crippen LogP contribution in [0, 0.1) is 10.1 Å². The smallest absolute Gasteiger partial charge is 0.318 e. The highest BCUT2D eigenvalue weighted by Crippen LogP contribution is 2.35. The number of urea groups is 1. The first kappa shape index (κ1) is 26.7. The van der Waals surface area contributed by atoms with Gasteiger partial charge < -0.3 is 15.0 Å². The molecule has 198 valence electrons. The SMILES string of the molecule is CC(C)NC(=O)N(CCN1CCOCC1)CC(=O)N1N=C(c2cccs2)C[C@H]1c1cccc([N+](=O)[O-])c1. The third kappa shape index (κ3) is 6.90. The van der Waals surface area contributed by atoms with Crippen LogP contribution in [0.15, 0.2) is 46.9 Å². The highest BCUT2D eigenvalue weighted by atomic mass is 32.1. The number of amides is 3. The average Bonchev–Trinajstić information content (AvgIpc) is 3.57. The van der Waals surface area contributed by atoms with E-state index in [9.17, 15) is 19.7 Å². The monoisotopic (exact) mass is 528 g/mol. The molecule has 1 aromatic carbocycles. The fourth-order valence-electron chi connectivity index (χ4n) is 4.35. The van der Waals surface area contributed by atoms with Gasteiger partial charge >= 0.3 is 6.03 Å². The van der Waals surface area contributed by atoms with E-state index in [1.54, 1.807) is 12.1 Å². The van der Waals surface area contributed by atoms with Gasteiger partial charge in [0.25, 0.3) is 11.6 Å². The number of morpholine rings is 1. The third-order valence-electron chi connectivity index (χ3n) is 6.25. The molecule has 1 fully saturated rings. The van der Waals surface area contributed by atoms with Crippen molar-refractivity contribution in [3.8, 4) is 0 Å². The van der Waals surface area contributed by atoms with Crippen LogP contribution in [-0.4, -0.2) is 89.4 Å². The number of rotatable bonds is 9. The van der Waals surface area contributed by atoms with Crippen LogP contribution in [0.2, 0.25) is 0 Å². The quantitative estimate of drug-likeness (QED) is 0.394. The second kappa shape index (κ2) is 12.3. The van der Waals surface area contributed by atoms with E-state index in [-0.39, 0.29) is 30.2 Å². The van der Waals surface area contributed by atoms with Gasteiger partial charge in [-0.2, -0.15) is 5.10 Å². The fourth-order valence-corrected chi connectivity index (χ4v) is 5.07. The molecule has 11 nitrogen and oxygen atoms in total. The summed E-state index contributed by atoms with van der Waals surface area (Å²) in [6.45, 7) is 7.45. The molecule has 4 rings (SSSR count). The van der Waals surface area contributed by atoms with Crippen molar-refractivity contribution in [2.75, 3.05) is 45.9 Å². The summed E-state index contributed by atoms with van der Waals surface area (Å²) in [6, 6.07) is 9.25. The summed E-state index contributed by atoms with van der Waals surface area (Å²) in [5, 5.41) is 22.2. The molecule has 2 aliphatic rings. The number of hydrazone groups is 1. The van der Waals surface area contributed by atoms with E-state index in [0.29, 0.717) is 38.3 Å². The Hall–Kier alpha value is -3.35. The van der Waals surface area contributed by atoms with Crippen LogP contribution in [0.1, 0.15) is 36.8 Å². The number of ether oxygens (including phenoxy) is 1. The highest BCUT2D eigenvalue weighted by Gasteiger charge is 2.35. The van der Waals surface area contributed by atoms with Gasteiger partial charge in [-0.15, -0.1) is 11.3 Å². The molecule has 0 aliphatic carbocycles. The molecule has 12 heteroatoms. The molecule has 0 radical (unpaired) electrons. The lowest BCUT2D eigenvalue weighted by Crippen LogP contribution is -2.50. The average molecular weight is 529 g/mol. The Bertz CT molecular complexity index is 1130. The number of non-ortho nitro benzene ring substituents is 1. The van der Waals surface area contributed by atoms with E-state index in [4.69, 9.17) is 4.74 Å². The van der Waals surface area contributed by atoms with E-state index in [2.05, 4.69) is 15.3 Å². The van der Waals surface area contributed by atoms with Crippen LogP contribution in [0.25, 0.3) is 0 Å². The minimum Gasteiger partial charge on any atom is -0.379 e. The minimum absolute atomic E-state index is 0.0436. The topological polar surface area (TPSA) is 121 Å². The lowest BCUT2D eigenvalue weighted by molar-refractivity contribution is -0.385. The summed E-state index contributed by atoms with van der Waals surface area (Å²) >= 11 is 1.52. The maximum absolute atomic E-state index is 13.6. The molecule has 37 heavy (non-hydrogen) atoms. The van der Waals surface area contributed by atoms with Crippen molar-refractivity contribution in [1.82, 2.24) is 20.1 Å². The van der Waals surface area contributed by atoms with Crippen LogP contribution in [0.5, 0.6) is 0 Å². The zero-order chi connectivity index (χ0) is 26.4. The van der Waals surface area contributed by atoms with E-state index >= 15 is 0 Å². The maximum atomic E-state index is 13.6. The predicted molar refractivity (Wildman–Crippen MR) is 141 cm³/mol. The standard InChI is InChI=1S/C25H32N6O5S/c1-18(2)26-25(33)29(9-8-28-10-12-36-13-11-28)17-24(32)30-22(16-21(27-30)23-7-4-14-37-23)19-5-3-6-20(15-19)31(34)35/h3-7,14-15,18,22H,8-13,16-17H2,1-2H3,(H,26,33)/t22-/m0/s1. The Morgan fingerprint density at radius 3 is 2.73 bits per heavy atom. The molecule has 0 bridgehead atoms. The number of nitro groups is 1. The summed E-state index contributed by atoms with van der Waals surface area (Å²) in [4.78, 5) is 42.2. The van der Waals surface area contributed by atoms with Crippen molar-refractivity contribution in [2.24, 2.45) is 5.10 Å². The summed E-state index contributed by atoms with van der Waals surface area (Å²) in [5.41, 5.74) is 1.33. The number of hydrogen-bond donors (Lipinski definition) is 1. The predicted octanol–water partition coefficient (Wildman–Crippen LogP) is 3.09. The van der Waals surface area contributed by atoms with Crippen molar-refractivity contribution in [2.45, 2.75) is 32.4 Å². The Kier molecular flexibility index (Phi) is 8.85. The van der Waals surface area contributed by atoms with Crippen molar-refractivity contribution >= 4 is 34.7 Å². The molecule has 2 aliphatic heterocycles. The number of nitro benzene ring substituents is 1. The van der Waals surface area contributed by atoms with E-state index in [0.717, 1.165) is 23.7 Å². The summed E-state index contributed by atoms with van der Waals surface area (Å²) in [7, 11) is 0. The normalized spacial score (nSPS) is 18.1. The van der Waals surface area contributed by atoms with Gasteiger partial charge in [-0.25, -0.2) is 9.80 Å². The van der Waals surface area contributed by atoms with E-state index < -0.39 is 11.0 Å². The van der Waals surface area contributed by atoms with Crippen LogP contribution in [0.3, 0.4) is 0 Å². The highest BCUT2D eigenvalue weighted by molar-refractivity contribution is 7.12. The Morgan fingerprint density at radius 1 is 1.27 bits per heavy atom. The van der Waals surface area contributed by atoms with Crippen molar-refractivity contribution in [3.63, 3.8) is 0 Å². The first-order chi connectivity index (χ1) is 17.8. The molecule has 3 heterocycles. The summed E-state index contributed by atoms with van der Waals surface area (Å²) in [5.74, 6) is -0.344. The van der Waals surface area contributed by atoms with Gasteiger partial charge in [0.1, 0.15) is 6.54 Å². The Labute approximate surface area is 219 Å². The largest absolute Gasteiger partial charge is 0.379 e. The number of nitrogens with one attached hydrogen (secondary N) is 1. The summed E-state index contributed by atoms with van der Waals surface area (Å²) in [6.07, 6.45) is 0.430. The number of hydrogen-bond acceptors (Lipinski definition) is 8. The second-order valence-electron chi connectivity index (χ2n) is 9.31. The van der Waals surface area contributed by atoms with Gasteiger partial charge in [0, 0.05) is 50.8 Å². The third-order valence-corrected chi connectivity index (χ3v) is 7.17. The number of benzene rings is 1. The number of thiophene rings is 1. The van der Waals surface area contributed by atoms with Crippen LogP contribution >= 0.6 is 11.3 Å². The number of nitrogens with zero attached hydrogens (tertiary/aromatic N) is 5. The molecule has 0 unspecified atom stereocenters. The van der Waals surface area contributed by atoms with E-state index in [1.807, 2.05) is 31.4 Å². The molecule has 3 amide bonds. The van der Waals surface area contributed by atoms with Gasteiger partial charge in [-0.05, 0) is 30.9 Å². The molecular weight excluding hydrogens is 496 g/mol. The zero-order valence-electron chi connectivity index (χ0n) is 21.0. The molecular formula is C25H32N6O5S. The molecule has 2 aromatic rings. The molecule has 1 aromatic heterocycles. The fraction of sp³-hybridized carbons (Fsp3) is 0.480. The van der Waals surface area contributed by atoms with Crippen LogP contribution < -0.4 is 5.32 Å². The zero-order valence-corrected chi connectivity index (χ0v) is 21.9. The molecule has 1 atom stereocenters. The maximum Gasteiger partial charge on any atom is 0.318 e. The summed E-state index contributed by atoms with van der Waals surface area (Å²) < 4.78 is 5.40. The second-order valence-corrected chi connectivity index (χ2v) is 10.3.